The van der Waals surface area contributed by atoms with Crippen LogP contribution < -0.4 is 0 Å². The van der Waals surface area contributed by atoms with Gasteiger partial charge in [0, 0.05) is 0 Å². The molecular formula is C8Cl16O. The predicted molar refractivity (Wildman–Crippen MR) is 117 cm³/mol. The molecule has 1 nitrogen and oxygen atoms in total. The Kier molecular flexibility index (Phi) is 8.38. The second kappa shape index (κ2) is 7.58. The maximum absolute atomic E-state index is 6.15. The van der Waals surface area contributed by atoms with E-state index in [1.165, 1.54) is 0 Å². The van der Waals surface area contributed by atoms with Gasteiger partial charge in [0.2, 0.25) is 8.67 Å². The molecule has 1 fully saturated rings. The predicted octanol–water partition coefficient (Wildman–Crippen LogP) is 9.32. The fraction of sp³-hybridized carbons (Fsp3) is 1.00. The van der Waals surface area contributed by atoms with E-state index < -0.39 is 35.0 Å². The van der Waals surface area contributed by atoms with Gasteiger partial charge < -0.3 is 4.74 Å². The number of ether oxygens (including phenoxy) is 1. The van der Waals surface area contributed by atoms with Crippen molar-refractivity contribution >= 4 is 186 Å². The van der Waals surface area contributed by atoms with Crippen molar-refractivity contribution in [1.29, 1.82) is 0 Å². The van der Waals surface area contributed by atoms with E-state index in [-0.39, 0.29) is 0 Å². The van der Waals surface area contributed by atoms with E-state index in [4.69, 9.17) is 190 Å². The quantitative estimate of drug-likeness (QED) is 0.232. The van der Waals surface area contributed by atoms with E-state index in [1.54, 1.807) is 0 Å². The van der Waals surface area contributed by atoms with Crippen molar-refractivity contribution in [1.82, 2.24) is 0 Å². The third kappa shape index (κ3) is 3.74. The van der Waals surface area contributed by atoms with Crippen LogP contribution in [0.15, 0.2) is 0 Å². The summed E-state index contributed by atoms with van der Waals surface area (Å²) in [6.07, 6.45) is 0. The molecule has 0 saturated carbocycles. The molecule has 25 heavy (non-hydrogen) atoms. The highest BCUT2D eigenvalue weighted by atomic mass is 35.6. The van der Waals surface area contributed by atoms with Crippen LogP contribution in [0.1, 0.15) is 0 Å². The van der Waals surface area contributed by atoms with Crippen LogP contribution in [0, 0.1) is 0 Å². The minimum atomic E-state index is -2.87. The van der Waals surface area contributed by atoms with Crippen LogP contribution in [0.4, 0.5) is 0 Å². The SMILES string of the molecule is ClC1(Cl)OC(Cl)(Cl)C(Cl)(Cl)C(Cl)(Cl)C(Cl)(Cl)C(Cl)(Cl)C(Cl)(Cl)C1(Cl)Cl. The Morgan fingerprint density at radius 3 is 0.640 bits per heavy atom. The van der Waals surface area contributed by atoms with Crippen LogP contribution in [0.3, 0.4) is 0 Å². The molecule has 0 N–H and O–H groups in total. The van der Waals surface area contributed by atoms with Gasteiger partial charge in [-0.3, -0.25) is 0 Å². The summed E-state index contributed by atoms with van der Waals surface area (Å²) >= 11 is 97.2. The highest BCUT2D eigenvalue weighted by Crippen LogP contribution is 2.74. The summed E-state index contributed by atoms with van der Waals surface area (Å²) in [4.78, 5) is 0. The third-order valence-corrected chi connectivity index (χ3v) is 13.8. The Labute approximate surface area is 222 Å². The fourth-order valence-electron chi connectivity index (χ4n) is 1.44. The van der Waals surface area contributed by atoms with Crippen molar-refractivity contribution in [2.45, 2.75) is 35.0 Å². The lowest BCUT2D eigenvalue weighted by Gasteiger charge is -2.51. The largest absolute Gasteiger partial charge is 0.304 e. The van der Waals surface area contributed by atoms with E-state index in [2.05, 4.69) is 0 Å². The molecule has 0 aliphatic carbocycles. The summed E-state index contributed by atoms with van der Waals surface area (Å²) < 4.78 is -17.9. The molecule has 0 amide bonds. The lowest BCUT2D eigenvalue weighted by atomic mass is 10.1. The number of halogens is 16. The molecule has 0 radical (unpaired) electrons. The summed E-state index contributed by atoms with van der Waals surface area (Å²) in [6, 6.07) is 0. The molecule has 0 bridgehead atoms. The smallest absolute Gasteiger partial charge is 0.256 e. The monoisotopic (exact) mass is 671 g/mol. The number of alkyl halides is 16. The average Bonchev–Trinajstić information content (AvgIpc) is 2.34. The van der Waals surface area contributed by atoms with Gasteiger partial charge in [0.15, 0.2) is 17.3 Å². The fourth-order valence-corrected chi connectivity index (χ4v) is 6.75. The molecule has 0 atom stereocenters. The van der Waals surface area contributed by atoms with Gasteiger partial charge in [0.05, 0.1) is 0 Å². The van der Waals surface area contributed by atoms with E-state index in [9.17, 15) is 0 Å². The molecule has 0 unspecified atom stereocenters. The summed E-state index contributed by atoms with van der Waals surface area (Å²) in [5, 5.41) is 0. The Hall–Kier alpha value is 4.60. The highest BCUT2D eigenvalue weighted by molar-refractivity contribution is 6.80. The number of hydrogen-bond donors (Lipinski definition) is 0. The maximum Gasteiger partial charge on any atom is 0.256 e. The molecule has 0 aromatic heterocycles. The Morgan fingerprint density at radius 1 is 0.280 bits per heavy atom. The van der Waals surface area contributed by atoms with Crippen molar-refractivity contribution in [3.05, 3.63) is 0 Å². The zero-order valence-electron chi connectivity index (χ0n) is 10.5. The summed E-state index contributed by atoms with van der Waals surface area (Å²) in [6.45, 7) is 0. The molecule has 0 aromatic carbocycles. The maximum atomic E-state index is 6.15. The topological polar surface area (TPSA) is 9.23 Å². The summed E-state index contributed by atoms with van der Waals surface area (Å²) in [5.41, 5.74) is 0. The third-order valence-electron chi connectivity index (χ3n) is 2.96. The first-order valence-corrected chi connectivity index (χ1v) is 11.2. The molecule has 1 rings (SSSR count). The van der Waals surface area contributed by atoms with Crippen LogP contribution in [-0.2, 0) is 4.74 Å². The second-order valence-electron chi connectivity index (χ2n) is 4.58. The van der Waals surface area contributed by atoms with Crippen molar-refractivity contribution in [2.24, 2.45) is 0 Å². The molecule has 0 aromatic rings. The van der Waals surface area contributed by atoms with Gasteiger partial charge >= 0.3 is 0 Å². The lowest BCUT2D eigenvalue weighted by molar-refractivity contribution is 0.00837. The first-order chi connectivity index (χ1) is 10.5. The first kappa shape index (κ1) is 27.6. The van der Waals surface area contributed by atoms with Gasteiger partial charge in [0.25, 0.3) is 9.04 Å². The molecule has 0 spiro atoms. The molecule has 1 heterocycles. The molecule has 1 aliphatic heterocycles. The standard InChI is InChI=1S/C8Cl16O/c9-1(10)2(11,12)4(15,16)6(19,20)8(23,24)25-7(21,22)5(17,18)3(1,13)14. The number of hydrogen-bond acceptors (Lipinski definition) is 1. The van der Waals surface area contributed by atoms with E-state index in [1.807, 2.05) is 0 Å². The Morgan fingerprint density at radius 2 is 0.440 bits per heavy atom. The van der Waals surface area contributed by atoms with E-state index in [0.717, 1.165) is 0 Å². The zero-order valence-corrected chi connectivity index (χ0v) is 22.6. The first-order valence-electron chi connectivity index (χ1n) is 5.18. The average molecular weight is 679 g/mol. The minimum Gasteiger partial charge on any atom is -0.304 e. The Bertz CT molecular complexity index is 498. The molecular weight excluding hydrogens is 679 g/mol. The van der Waals surface area contributed by atoms with Crippen molar-refractivity contribution in [3.63, 3.8) is 0 Å². The van der Waals surface area contributed by atoms with Crippen molar-refractivity contribution < 1.29 is 4.74 Å². The van der Waals surface area contributed by atoms with Gasteiger partial charge in [-0.25, -0.2) is 0 Å². The molecule has 17 heteroatoms. The van der Waals surface area contributed by atoms with Crippen LogP contribution in [0.25, 0.3) is 0 Å². The zero-order chi connectivity index (χ0) is 20.7. The second-order valence-corrected chi connectivity index (χ2v) is 15.1. The lowest BCUT2D eigenvalue weighted by Crippen LogP contribution is -2.68. The van der Waals surface area contributed by atoms with Crippen molar-refractivity contribution in [3.8, 4) is 0 Å². The van der Waals surface area contributed by atoms with Crippen LogP contribution in [0.2, 0.25) is 0 Å². The normalized spacial score (nSPS) is 33.6. The number of rotatable bonds is 0. The van der Waals surface area contributed by atoms with Crippen LogP contribution >= 0.6 is 186 Å². The van der Waals surface area contributed by atoms with Crippen LogP contribution in [0.5, 0.6) is 0 Å². The highest BCUT2D eigenvalue weighted by Gasteiger charge is 2.84. The summed E-state index contributed by atoms with van der Waals surface area (Å²) in [5.74, 6) is 0. The van der Waals surface area contributed by atoms with Gasteiger partial charge in [-0.15, -0.1) is 0 Å². The van der Waals surface area contributed by atoms with Gasteiger partial charge in [-0.05, 0) is 0 Å². The molecule has 1 aliphatic rings. The summed E-state index contributed by atoms with van der Waals surface area (Å²) in [7, 11) is 0. The van der Waals surface area contributed by atoms with E-state index >= 15 is 0 Å². The molecule has 150 valence electrons. The van der Waals surface area contributed by atoms with Gasteiger partial charge in [0.1, 0.15) is 0 Å². The van der Waals surface area contributed by atoms with E-state index in [0.29, 0.717) is 0 Å². The van der Waals surface area contributed by atoms with Crippen molar-refractivity contribution in [2.75, 3.05) is 0 Å². The van der Waals surface area contributed by atoms with Gasteiger partial charge in [-0.2, -0.15) is 0 Å². The minimum absolute atomic E-state index is 2.84. The Balaban J connectivity index is 4.02. The van der Waals surface area contributed by atoms with Gasteiger partial charge in [-0.1, -0.05) is 186 Å². The van der Waals surface area contributed by atoms with Crippen LogP contribution in [-0.4, -0.2) is 35.0 Å². The molecule has 1 saturated heterocycles.